The molecule has 0 spiro atoms. The van der Waals surface area contributed by atoms with Crippen LogP contribution >= 0.6 is 12.4 Å². The lowest BCUT2D eigenvalue weighted by Crippen LogP contribution is -2.44. The monoisotopic (exact) mass is 387 g/mol. The van der Waals surface area contributed by atoms with Gasteiger partial charge in [0.05, 0.1) is 5.69 Å². The smallest absolute Gasteiger partial charge is 0.268 e. The van der Waals surface area contributed by atoms with Gasteiger partial charge in [0.15, 0.2) is 0 Å². The van der Waals surface area contributed by atoms with E-state index >= 15 is 0 Å². The molecule has 1 aromatic heterocycles. The van der Waals surface area contributed by atoms with E-state index in [0.717, 1.165) is 56.4 Å². The quantitative estimate of drug-likeness (QED) is 0.850. The Balaban J connectivity index is 0.00000210. The lowest BCUT2D eigenvalue weighted by Gasteiger charge is -2.24. The minimum absolute atomic E-state index is 0. The van der Waals surface area contributed by atoms with Gasteiger partial charge in [0.25, 0.3) is 11.5 Å². The van der Waals surface area contributed by atoms with Crippen molar-refractivity contribution in [2.24, 2.45) is 0 Å². The molecule has 0 radical (unpaired) electrons. The Labute approximate surface area is 165 Å². The van der Waals surface area contributed by atoms with Crippen LogP contribution in [-0.4, -0.2) is 29.6 Å². The Kier molecular flexibility index (Phi) is 6.02. The van der Waals surface area contributed by atoms with Crippen molar-refractivity contribution >= 4 is 18.3 Å². The van der Waals surface area contributed by atoms with E-state index in [9.17, 15) is 9.59 Å². The van der Waals surface area contributed by atoms with Crippen LogP contribution in [0.5, 0.6) is 0 Å². The van der Waals surface area contributed by atoms with E-state index in [1.54, 1.807) is 10.8 Å². The molecule has 0 atom stereocenters. The second-order valence-corrected chi connectivity index (χ2v) is 7.32. The van der Waals surface area contributed by atoms with Gasteiger partial charge in [0, 0.05) is 12.2 Å². The van der Waals surface area contributed by atoms with Crippen LogP contribution in [0.2, 0.25) is 0 Å². The molecule has 1 amide bonds. The molecule has 2 heterocycles. The number of nitrogens with zero attached hydrogens (tertiary/aromatic N) is 1. The van der Waals surface area contributed by atoms with Crippen molar-refractivity contribution in [3.05, 3.63) is 63.1 Å². The highest BCUT2D eigenvalue weighted by Crippen LogP contribution is 2.27. The summed E-state index contributed by atoms with van der Waals surface area (Å²) in [6.07, 6.45) is 6.77. The maximum Gasteiger partial charge on any atom is 0.268 e. The summed E-state index contributed by atoms with van der Waals surface area (Å²) >= 11 is 0. The zero-order valence-corrected chi connectivity index (χ0v) is 16.4. The van der Waals surface area contributed by atoms with Crippen molar-refractivity contribution in [3.8, 4) is 5.69 Å². The fraction of sp³-hybridized carbons (Fsp3) is 0.429. The molecule has 4 rings (SSSR count). The summed E-state index contributed by atoms with van der Waals surface area (Å²) in [4.78, 5) is 26.0. The van der Waals surface area contributed by atoms with Crippen molar-refractivity contribution in [1.82, 2.24) is 15.2 Å². The van der Waals surface area contributed by atoms with Gasteiger partial charge >= 0.3 is 0 Å². The first-order valence-electron chi connectivity index (χ1n) is 9.50. The number of rotatable bonds is 3. The van der Waals surface area contributed by atoms with Crippen LogP contribution in [0.15, 0.2) is 35.3 Å². The molecular formula is C21H26ClN3O2. The van der Waals surface area contributed by atoms with Crippen LogP contribution in [-0.2, 0) is 12.8 Å². The Morgan fingerprint density at radius 1 is 1.19 bits per heavy atom. The normalized spacial score (nSPS) is 16.5. The molecule has 1 fully saturated rings. The topological polar surface area (TPSA) is 63.1 Å². The summed E-state index contributed by atoms with van der Waals surface area (Å²) < 4.78 is 1.65. The molecule has 6 heteroatoms. The van der Waals surface area contributed by atoms with Gasteiger partial charge in [0.1, 0.15) is 5.56 Å². The third kappa shape index (κ3) is 3.80. The Bertz CT molecular complexity index is 901. The van der Waals surface area contributed by atoms with Crippen molar-refractivity contribution < 1.29 is 4.79 Å². The summed E-state index contributed by atoms with van der Waals surface area (Å²) in [6, 6.07) is 8.12. The molecule has 1 aromatic carbocycles. The van der Waals surface area contributed by atoms with Crippen molar-refractivity contribution in [3.63, 3.8) is 0 Å². The van der Waals surface area contributed by atoms with Crippen molar-refractivity contribution in [2.75, 3.05) is 13.1 Å². The number of halogens is 1. The number of benzene rings is 1. The van der Waals surface area contributed by atoms with Gasteiger partial charge in [0.2, 0.25) is 0 Å². The van der Waals surface area contributed by atoms with Crippen molar-refractivity contribution in [2.45, 2.75) is 45.1 Å². The maximum absolute atomic E-state index is 13.2. The average Bonchev–Trinajstić information content (AvgIpc) is 3.12. The first-order chi connectivity index (χ1) is 12.6. The third-order valence-corrected chi connectivity index (χ3v) is 5.58. The van der Waals surface area contributed by atoms with Crippen LogP contribution in [0, 0.1) is 6.92 Å². The minimum atomic E-state index is -0.249. The van der Waals surface area contributed by atoms with Crippen molar-refractivity contribution in [1.29, 1.82) is 0 Å². The van der Waals surface area contributed by atoms with Crippen LogP contribution in [0.1, 0.15) is 46.3 Å². The third-order valence-electron chi connectivity index (χ3n) is 5.58. The molecule has 0 saturated carbocycles. The van der Waals surface area contributed by atoms with E-state index in [4.69, 9.17) is 0 Å². The number of carbonyl (C=O) groups is 1. The predicted octanol–water partition coefficient (Wildman–Crippen LogP) is 2.54. The minimum Gasteiger partial charge on any atom is -0.349 e. The molecule has 0 unspecified atom stereocenters. The molecule has 2 aromatic rings. The number of aromatic nitrogens is 1. The number of hydrogen-bond acceptors (Lipinski definition) is 3. The molecule has 0 bridgehead atoms. The van der Waals surface area contributed by atoms with Crippen LogP contribution in [0.25, 0.3) is 5.69 Å². The van der Waals surface area contributed by atoms with Gasteiger partial charge in [-0.1, -0.05) is 12.1 Å². The van der Waals surface area contributed by atoms with Gasteiger partial charge in [-0.3, -0.25) is 14.2 Å². The maximum atomic E-state index is 13.2. The van der Waals surface area contributed by atoms with Gasteiger partial charge in [-0.2, -0.15) is 0 Å². The highest BCUT2D eigenvalue weighted by atomic mass is 35.5. The number of aryl methyl sites for hydroxylation is 2. The summed E-state index contributed by atoms with van der Waals surface area (Å²) in [5, 5.41) is 6.34. The van der Waals surface area contributed by atoms with Crippen LogP contribution < -0.4 is 16.2 Å². The molecule has 144 valence electrons. The molecule has 2 aliphatic rings. The fourth-order valence-corrected chi connectivity index (χ4v) is 4.14. The largest absolute Gasteiger partial charge is 0.349 e. The second kappa shape index (κ2) is 8.28. The van der Waals surface area contributed by atoms with E-state index in [0.29, 0.717) is 0 Å². The fourth-order valence-electron chi connectivity index (χ4n) is 4.14. The summed E-state index contributed by atoms with van der Waals surface area (Å²) in [6.45, 7) is 3.64. The van der Waals surface area contributed by atoms with E-state index in [1.807, 2.05) is 25.1 Å². The zero-order valence-electron chi connectivity index (χ0n) is 15.6. The van der Waals surface area contributed by atoms with Gasteiger partial charge in [-0.05, 0) is 80.9 Å². The summed E-state index contributed by atoms with van der Waals surface area (Å²) in [7, 11) is 0. The molecule has 27 heavy (non-hydrogen) atoms. The Morgan fingerprint density at radius 2 is 1.96 bits per heavy atom. The SMILES string of the molecule is Cc1ccn(-c2cccc3c2CCC3)c(=O)c1C(=O)NC1CCNCC1.Cl. The number of fused-ring (bicyclic) bond motifs is 1. The second-order valence-electron chi connectivity index (χ2n) is 7.32. The first kappa shape index (κ1) is 19.6. The zero-order chi connectivity index (χ0) is 18.1. The number of nitrogens with one attached hydrogen (secondary N) is 2. The first-order valence-corrected chi connectivity index (χ1v) is 9.50. The number of amides is 1. The molecule has 5 nitrogen and oxygen atoms in total. The van der Waals surface area contributed by atoms with Gasteiger partial charge in [-0.25, -0.2) is 0 Å². The van der Waals surface area contributed by atoms with E-state index in [2.05, 4.69) is 16.7 Å². The summed E-state index contributed by atoms with van der Waals surface area (Å²) in [5.74, 6) is -0.249. The number of pyridine rings is 1. The highest BCUT2D eigenvalue weighted by Gasteiger charge is 2.22. The van der Waals surface area contributed by atoms with Crippen LogP contribution in [0.4, 0.5) is 0 Å². The number of hydrogen-bond donors (Lipinski definition) is 2. The van der Waals surface area contributed by atoms with Gasteiger partial charge in [-0.15, -0.1) is 12.4 Å². The lowest BCUT2D eigenvalue weighted by molar-refractivity contribution is 0.0927. The molecule has 1 aliphatic heterocycles. The molecule has 1 saturated heterocycles. The van der Waals surface area contributed by atoms with Crippen LogP contribution in [0.3, 0.4) is 0 Å². The average molecular weight is 388 g/mol. The lowest BCUT2D eigenvalue weighted by atomic mass is 10.0. The standard InChI is InChI=1S/C21H25N3O2.ClH/c1-14-10-13-24(18-7-3-5-15-4-2-6-17(15)18)21(26)19(14)20(25)23-16-8-11-22-12-9-16;/h3,5,7,10,13,16,22H,2,4,6,8-9,11-12H2,1H3,(H,23,25);1H. The predicted molar refractivity (Wildman–Crippen MR) is 109 cm³/mol. The Hall–Kier alpha value is -2.11. The molecular weight excluding hydrogens is 362 g/mol. The van der Waals surface area contributed by atoms with E-state index in [-0.39, 0.29) is 35.5 Å². The number of piperidine rings is 1. The number of carbonyl (C=O) groups excluding carboxylic acids is 1. The van der Waals surface area contributed by atoms with E-state index < -0.39 is 0 Å². The molecule has 2 N–H and O–H groups in total. The highest BCUT2D eigenvalue weighted by molar-refractivity contribution is 5.95. The van der Waals surface area contributed by atoms with Gasteiger partial charge < -0.3 is 10.6 Å². The van der Waals surface area contributed by atoms with E-state index in [1.165, 1.54) is 11.1 Å². The summed E-state index contributed by atoms with van der Waals surface area (Å²) in [5.41, 5.74) is 4.24. The Morgan fingerprint density at radius 3 is 2.74 bits per heavy atom. The molecule has 1 aliphatic carbocycles.